The lowest BCUT2D eigenvalue weighted by Gasteiger charge is -2.05. The number of hydrogen-bond donors (Lipinski definition) is 2. The number of rotatable bonds is 12. The first-order valence-electron chi connectivity index (χ1n) is 9.23. The van der Waals surface area contributed by atoms with Crippen LogP contribution in [-0.2, 0) is 0 Å². The van der Waals surface area contributed by atoms with Gasteiger partial charge in [0.2, 0.25) is 0 Å². The largest absolute Gasteiger partial charge is 0.135 e. The van der Waals surface area contributed by atoms with E-state index >= 15 is 0 Å². The lowest BCUT2D eigenvalue weighted by atomic mass is 10.2. The minimum Gasteiger partial charge on any atom is -0.135 e. The van der Waals surface area contributed by atoms with Crippen LogP contribution in [0.2, 0.25) is 0 Å². The van der Waals surface area contributed by atoms with Crippen molar-refractivity contribution >= 4 is 95.8 Å². The minimum atomic E-state index is 1.04. The molecule has 2 heterocycles. The van der Waals surface area contributed by atoms with Crippen LogP contribution in [0, 0.1) is 0 Å². The van der Waals surface area contributed by atoms with Crippen molar-refractivity contribution < 1.29 is 0 Å². The fraction of sp³-hybridized carbons (Fsp3) is 0.667. The van der Waals surface area contributed by atoms with Crippen LogP contribution in [0.5, 0.6) is 0 Å². The van der Waals surface area contributed by atoms with E-state index in [9.17, 15) is 0 Å². The van der Waals surface area contributed by atoms with Crippen LogP contribution in [0.25, 0.3) is 0 Å². The monoisotopic (exact) mass is 500 g/mol. The molecule has 2 aliphatic heterocycles. The molecule has 0 aromatic carbocycles. The maximum absolute atomic E-state index is 4.53. The van der Waals surface area contributed by atoms with E-state index in [0.717, 1.165) is 8.47 Å². The van der Waals surface area contributed by atoms with Crippen molar-refractivity contribution in [3.8, 4) is 0 Å². The second-order valence-corrected chi connectivity index (χ2v) is 14.8. The number of unbranched alkanes of at least 4 members (excludes halogenated alkanes) is 6. The predicted molar refractivity (Wildman–Crippen MR) is 143 cm³/mol. The fourth-order valence-electron chi connectivity index (χ4n) is 2.29. The molecule has 0 N–H and O–H groups in total. The Hall–Kier alpha value is 2.02. The summed E-state index contributed by atoms with van der Waals surface area (Å²) in [5, 5.41) is 0. The average Bonchev–Trinajstić information content (AvgIpc) is 3.18. The molecule has 0 saturated heterocycles. The Morgan fingerprint density at radius 2 is 1.04 bits per heavy atom. The molecule has 26 heavy (non-hydrogen) atoms. The van der Waals surface area contributed by atoms with Gasteiger partial charge in [-0.15, -0.1) is 48.8 Å². The Kier molecular flexibility index (Phi) is 13.2. The Labute approximate surface area is 196 Å². The van der Waals surface area contributed by atoms with Crippen molar-refractivity contribution in [2.45, 2.75) is 65.2 Å². The summed E-state index contributed by atoms with van der Waals surface area (Å²) in [7, 11) is 0. The third-order valence-corrected chi connectivity index (χ3v) is 13.6. The summed E-state index contributed by atoms with van der Waals surface area (Å²) in [6.45, 7) is 4.56. The summed E-state index contributed by atoms with van der Waals surface area (Å²) < 4.78 is 7.93. The van der Waals surface area contributed by atoms with Crippen molar-refractivity contribution in [2.75, 3.05) is 11.5 Å². The summed E-state index contributed by atoms with van der Waals surface area (Å²) >= 11 is 20.7. The molecule has 0 spiro atoms. The molecule has 0 nitrogen and oxygen atoms in total. The van der Waals surface area contributed by atoms with E-state index in [1.165, 1.54) is 79.8 Å². The third-order valence-electron chi connectivity index (χ3n) is 3.73. The zero-order valence-corrected chi connectivity index (χ0v) is 22.1. The van der Waals surface area contributed by atoms with Gasteiger partial charge in [-0.25, -0.2) is 0 Å². The Balaban J connectivity index is 1.90. The van der Waals surface area contributed by atoms with E-state index in [2.05, 4.69) is 62.6 Å². The molecule has 0 fully saturated rings. The van der Waals surface area contributed by atoms with Crippen LogP contribution in [-0.4, -0.2) is 11.5 Å². The first-order chi connectivity index (χ1) is 12.7. The maximum atomic E-state index is 4.53. The molecule has 0 unspecified atom stereocenters. The third kappa shape index (κ3) is 8.41. The molecule has 2 rings (SSSR count). The van der Waals surface area contributed by atoms with Gasteiger partial charge in [-0.2, -0.15) is 0 Å². The molecule has 0 saturated carbocycles. The second-order valence-electron chi connectivity index (χ2n) is 5.99. The zero-order chi connectivity index (χ0) is 18.8. The van der Waals surface area contributed by atoms with Crippen LogP contribution < -0.4 is 0 Å². The first-order valence-corrected chi connectivity index (χ1v) is 15.4. The van der Waals surface area contributed by atoms with Gasteiger partial charge in [0.25, 0.3) is 0 Å². The van der Waals surface area contributed by atoms with Gasteiger partial charge < -0.3 is 0 Å². The van der Waals surface area contributed by atoms with Crippen LogP contribution in [0.4, 0.5) is 0 Å². The number of thioether (sulfide) groups is 6. The molecule has 2 aliphatic rings. The smallest absolute Gasteiger partial charge is 0.0717 e. The topological polar surface area (TPSA) is 0 Å². The molecule has 0 aromatic rings. The minimum absolute atomic E-state index is 1.04. The van der Waals surface area contributed by atoms with Crippen LogP contribution in [0.15, 0.2) is 25.4 Å². The van der Waals surface area contributed by atoms with E-state index in [-0.39, 0.29) is 0 Å². The van der Waals surface area contributed by atoms with E-state index in [1.54, 1.807) is 23.5 Å². The maximum Gasteiger partial charge on any atom is 0.0717 e. The summed E-state index contributed by atoms with van der Waals surface area (Å²) in [4.78, 5) is 0. The second kappa shape index (κ2) is 14.1. The van der Waals surface area contributed by atoms with Gasteiger partial charge in [0, 0.05) is 0 Å². The summed E-state index contributed by atoms with van der Waals surface area (Å²) in [6.07, 6.45) is 10.8. The highest BCUT2D eigenvalue weighted by Crippen LogP contribution is 2.64. The van der Waals surface area contributed by atoms with E-state index in [0.29, 0.717) is 0 Å². The van der Waals surface area contributed by atoms with E-state index < -0.39 is 0 Å². The zero-order valence-electron chi connectivity index (χ0n) is 15.4. The van der Waals surface area contributed by atoms with Gasteiger partial charge in [-0.3, -0.25) is 0 Å². The highest BCUT2D eigenvalue weighted by atomic mass is 32.3. The molecule has 0 bridgehead atoms. The molecule has 0 aromatic heterocycles. The van der Waals surface area contributed by atoms with Gasteiger partial charge in [-0.05, 0) is 24.3 Å². The Morgan fingerprint density at radius 1 is 0.615 bits per heavy atom. The van der Waals surface area contributed by atoms with Crippen molar-refractivity contribution in [3.05, 3.63) is 25.4 Å². The lowest BCUT2D eigenvalue weighted by Crippen LogP contribution is -1.83. The average molecular weight is 501 g/mol. The normalized spacial score (nSPS) is 18.0. The summed E-state index contributed by atoms with van der Waals surface area (Å²) in [5.74, 6) is 2.50. The molecular formula is C18H28S8. The number of hydrogen-bond acceptors (Lipinski definition) is 8. The Bertz CT molecular complexity index is 505. The van der Waals surface area contributed by atoms with Gasteiger partial charge >= 0.3 is 0 Å². The highest BCUT2D eigenvalue weighted by Gasteiger charge is 2.28. The van der Waals surface area contributed by atoms with Crippen LogP contribution >= 0.6 is 95.8 Å². The van der Waals surface area contributed by atoms with Gasteiger partial charge in [0.1, 0.15) is 0 Å². The Morgan fingerprint density at radius 3 is 1.46 bits per heavy atom. The van der Waals surface area contributed by atoms with Gasteiger partial charge in [0.05, 0.1) is 25.4 Å². The number of thiol groups is 2. The lowest BCUT2D eigenvalue weighted by molar-refractivity contribution is 0.707. The summed E-state index contributed by atoms with van der Waals surface area (Å²) in [5.41, 5.74) is 0. The highest BCUT2D eigenvalue weighted by molar-refractivity contribution is 8.43. The summed E-state index contributed by atoms with van der Waals surface area (Å²) in [6, 6.07) is 0. The standard InChI is InChI=1S/C18H28S8/c1-3-5-7-9-11-21-15-16(22-12-10-8-6-4-2)26-18(25-15)17-23-13(19)14(20)24-17/h19-20H,3-12H2,1-2H3. The van der Waals surface area contributed by atoms with Crippen LogP contribution in [0.3, 0.4) is 0 Å². The first kappa shape index (κ1) is 24.3. The predicted octanol–water partition coefficient (Wildman–Crippen LogP) is 9.81. The van der Waals surface area contributed by atoms with E-state index in [4.69, 9.17) is 0 Å². The molecule has 0 aliphatic carbocycles. The quantitative estimate of drug-likeness (QED) is 0.201. The molecule has 8 heteroatoms. The van der Waals surface area contributed by atoms with Crippen molar-refractivity contribution in [2.24, 2.45) is 0 Å². The van der Waals surface area contributed by atoms with Crippen molar-refractivity contribution in [3.63, 3.8) is 0 Å². The van der Waals surface area contributed by atoms with Gasteiger partial charge in [-0.1, -0.05) is 99.4 Å². The molecule has 0 atom stereocenters. The van der Waals surface area contributed by atoms with Gasteiger partial charge in [0.15, 0.2) is 0 Å². The van der Waals surface area contributed by atoms with E-state index in [1.807, 2.05) is 23.5 Å². The van der Waals surface area contributed by atoms with Crippen molar-refractivity contribution in [1.82, 2.24) is 0 Å². The molecule has 0 radical (unpaired) electrons. The molecule has 0 amide bonds. The molecular weight excluding hydrogens is 473 g/mol. The SMILES string of the molecule is CCCCCCSC1=C(SCCCCCC)SC(=C2SC(S)=C(S)S2)S1. The van der Waals surface area contributed by atoms with Crippen LogP contribution in [0.1, 0.15) is 65.2 Å². The fourth-order valence-corrected chi connectivity index (χ4v) is 11.7. The molecule has 148 valence electrons. The van der Waals surface area contributed by atoms with Crippen molar-refractivity contribution in [1.29, 1.82) is 0 Å².